The van der Waals surface area contributed by atoms with Crippen molar-refractivity contribution in [2.24, 2.45) is 5.73 Å². The van der Waals surface area contributed by atoms with E-state index in [4.69, 9.17) is 22.1 Å². The molecule has 0 spiro atoms. The first-order valence-electron chi connectivity index (χ1n) is 5.13. The largest absolute Gasteiger partial charge is 0.439 e. The maximum absolute atomic E-state index is 10.9. The second-order valence-corrected chi connectivity index (χ2v) is 3.94. The van der Waals surface area contributed by atoms with Gasteiger partial charge in [0.15, 0.2) is 0 Å². The van der Waals surface area contributed by atoms with E-state index >= 15 is 0 Å². The summed E-state index contributed by atoms with van der Waals surface area (Å²) in [6, 6.07) is 6.43. The summed E-state index contributed by atoms with van der Waals surface area (Å²) in [6.07, 6.45) is 1.32. The molecule has 1 aromatic heterocycles. The van der Waals surface area contributed by atoms with Crippen molar-refractivity contribution in [2.75, 3.05) is 0 Å². The van der Waals surface area contributed by atoms with Crippen molar-refractivity contribution < 1.29 is 9.53 Å². The Bertz CT molecular complexity index is 584. The summed E-state index contributed by atoms with van der Waals surface area (Å²) in [4.78, 5) is 18.7. The molecule has 0 radical (unpaired) electrons. The van der Waals surface area contributed by atoms with Crippen molar-refractivity contribution >= 4 is 17.5 Å². The number of hydrogen-bond acceptors (Lipinski definition) is 4. The molecule has 92 valence electrons. The number of aromatic nitrogens is 2. The number of rotatable bonds is 3. The zero-order chi connectivity index (χ0) is 13.1. The van der Waals surface area contributed by atoms with Gasteiger partial charge in [0.1, 0.15) is 17.2 Å². The first-order chi connectivity index (χ1) is 8.58. The number of carbonyl (C=O) groups is 1. The minimum absolute atomic E-state index is 0.341. The molecule has 0 unspecified atom stereocenters. The summed E-state index contributed by atoms with van der Waals surface area (Å²) in [6.45, 7) is 1.76. The number of halogens is 1. The number of hydrogen-bond donors (Lipinski definition) is 1. The normalized spacial score (nSPS) is 10.1. The molecule has 2 N–H and O–H groups in total. The molecule has 6 heteroatoms. The molecule has 1 aromatic carbocycles. The topological polar surface area (TPSA) is 78.1 Å². The highest BCUT2D eigenvalue weighted by atomic mass is 35.5. The lowest BCUT2D eigenvalue weighted by molar-refractivity contribution is 0.100. The Morgan fingerprint density at radius 3 is 2.56 bits per heavy atom. The molecular weight excluding hydrogens is 254 g/mol. The first-order valence-corrected chi connectivity index (χ1v) is 5.50. The van der Waals surface area contributed by atoms with E-state index in [-0.39, 0.29) is 0 Å². The summed E-state index contributed by atoms with van der Waals surface area (Å²) < 4.78 is 5.54. The van der Waals surface area contributed by atoms with Gasteiger partial charge in [-0.2, -0.15) is 0 Å². The predicted octanol–water partition coefficient (Wildman–Crippen LogP) is 2.33. The van der Waals surface area contributed by atoms with Crippen LogP contribution in [0.2, 0.25) is 5.15 Å². The van der Waals surface area contributed by atoms with E-state index in [1.165, 1.54) is 6.33 Å². The van der Waals surface area contributed by atoms with Crippen LogP contribution in [0, 0.1) is 6.92 Å². The van der Waals surface area contributed by atoms with E-state index in [1.807, 2.05) is 0 Å². The van der Waals surface area contributed by atoms with E-state index in [0.717, 1.165) is 0 Å². The third kappa shape index (κ3) is 2.57. The van der Waals surface area contributed by atoms with Crippen LogP contribution in [0.5, 0.6) is 11.6 Å². The molecule has 0 fully saturated rings. The predicted molar refractivity (Wildman–Crippen MR) is 66.8 cm³/mol. The smallest absolute Gasteiger partial charge is 0.248 e. The van der Waals surface area contributed by atoms with Crippen LogP contribution < -0.4 is 10.5 Å². The third-order valence-electron chi connectivity index (χ3n) is 2.33. The molecule has 1 heterocycles. The van der Waals surface area contributed by atoms with Crippen molar-refractivity contribution in [3.8, 4) is 11.6 Å². The number of benzene rings is 1. The Balaban J connectivity index is 2.24. The van der Waals surface area contributed by atoms with Gasteiger partial charge < -0.3 is 10.5 Å². The summed E-state index contributed by atoms with van der Waals surface area (Å²) >= 11 is 5.85. The Hall–Kier alpha value is -2.14. The van der Waals surface area contributed by atoms with Gasteiger partial charge in [-0.15, -0.1) is 0 Å². The van der Waals surface area contributed by atoms with Gasteiger partial charge in [-0.05, 0) is 31.2 Å². The number of primary amides is 1. The van der Waals surface area contributed by atoms with Crippen molar-refractivity contribution in [3.63, 3.8) is 0 Å². The summed E-state index contributed by atoms with van der Waals surface area (Å²) in [7, 11) is 0. The Morgan fingerprint density at radius 1 is 1.28 bits per heavy atom. The maximum Gasteiger partial charge on any atom is 0.248 e. The zero-order valence-corrected chi connectivity index (χ0v) is 10.3. The van der Waals surface area contributed by atoms with Crippen LogP contribution in [0.4, 0.5) is 0 Å². The average Bonchev–Trinajstić information content (AvgIpc) is 2.36. The van der Waals surface area contributed by atoms with Gasteiger partial charge in [0.25, 0.3) is 0 Å². The van der Waals surface area contributed by atoms with Crippen LogP contribution in [0.15, 0.2) is 30.6 Å². The molecule has 18 heavy (non-hydrogen) atoms. The molecule has 0 saturated carbocycles. The van der Waals surface area contributed by atoms with Crippen LogP contribution in [0.3, 0.4) is 0 Å². The van der Waals surface area contributed by atoms with Gasteiger partial charge >= 0.3 is 0 Å². The molecule has 0 atom stereocenters. The van der Waals surface area contributed by atoms with Gasteiger partial charge in [-0.3, -0.25) is 4.79 Å². The number of carbonyl (C=O) groups excluding carboxylic acids is 1. The molecule has 0 bridgehead atoms. The fraction of sp³-hybridized carbons (Fsp3) is 0.0833. The number of nitrogens with zero attached hydrogens (tertiary/aromatic N) is 2. The Kier molecular flexibility index (Phi) is 3.43. The third-order valence-corrected chi connectivity index (χ3v) is 2.71. The van der Waals surface area contributed by atoms with E-state index in [2.05, 4.69) is 9.97 Å². The van der Waals surface area contributed by atoms with E-state index in [1.54, 1.807) is 31.2 Å². The average molecular weight is 264 g/mol. The number of ether oxygens (including phenoxy) is 1. The standard InChI is InChI=1S/C12H10ClN3O2/c1-7-10(13)15-6-16-12(7)18-9-4-2-8(3-5-9)11(14)17/h2-6H,1H3,(H2,14,17). The highest BCUT2D eigenvalue weighted by molar-refractivity contribution is 6.30. The molecule has 0 aliphatic rings. The van der Waals surface area contributed by atoms with Gasteiger partial charge in [0.05, 0.1) is 0 Å². The molecule has 2 aromatic rings. The SMILES string of the molecule is Cc1c(Cl)ncnc1Oc1ccc(C(N)=O)cc1. The Morgan fingerprint density at radius 2 is 1.94 bits per heavy atom. The lowest BCUT2D eigenvalue weighted by atomic mass is 10.2. The second-order valence-electron chi connectivity index (χ2n) is 3.59. The van der Waals surface area contributed by atoms with E-state index in [0.29, 0.717) is 27.9 Å². The van der Waals surface area contributed by atoms with Crippen molar-refractivity contribution in [3.05, 3.63) is 46.9 Å². The van der Waals surface area contributed by atoms with Crippen LogP contribution in [-0.2, 0) is 0 Å². The maximum atomic E-state index is 10.9. The molecule has 5 nitrogen and oxygen atoms in total. The molecule has 0 aliphatic heterocycles. The second kappa shape index (κ2) is 5.01. The van der Waals surface area contributed by atoms with Crippen LogP contribution in [-0.4, -0.2) is 15.9 Å². The van der Waals surface area contributed by atoms with Gasteiger partial charge in [-0.1, -0.05) is 11.6 Å². The van der Waals surface area contributed by atoms with Crippen molar-refractivity contribution in [1.29, 1.82) is 0 Å². The van der Waals surface area contributed by atoms with Crippen LogP contribution in [0.25, 0.3) is 0 Å². The molecule has 2 rings (SSSR count). The lowest BCUT2D eigenvalue weighted by Gasteiger charge is -2.07. The van der Waals surface area contributed by atoms with E-state index < -0.39 is 5.91 Å². The van der Waals surface area contributed by atoms with E-state index in [9.17, 15) is 4.79 Å². The van der Waals surface area contributed by atoms with Crippen LogP contribution >= 0.6 is 11.6 Å². The summed E-state index contributed by atoms with van der Waals surface area (Å²) in [5.41, 5.74) is 6.21. The minimum atomic E-state index is -0.484. The minimum Gasteiger partial charge on any atom is -0.439 e. The molecule has 1 amide bonds. The molecular formula is C12H10ClN3O2. The van der Waals surface area contributed by atoms with Gasteiger partial charge in [0, 0.05) is 11.1 Å². The van der Waals surface area contributed by atoms with Gasteiger partial charge in [-0.25, -0.2) is 9.97 Å². The van der Waals surface area contributed by atoms with Crippen molar-refractivity contribution in [2.45, 2.75) is 6.92 Å². The molecule has 0 aliphatic carbocycles. The van der Waals surface area contributed by atoms with Crippen molar-refractivity contribution in [1.82, 2.24) is 9.97 Å². The number of nitrogens with two attached hydrogens (primary N) is 1. The quantitative estimate of drug-likeness (QED) is 0.862. The number of amides is 1. The Labute approximate surface area is 109 Å². The summed E-state index contributed by atoms with van der Waals surface area (Å²) in [5, 5.41) is 0.341. The van der Waals surface area contributed by atoms with Gasteiger partial charge in [0.2, 0.25) is 11.8 Å². The lowest BCUT2D eigenvalue weighted by Crippen LogP contribution is -2.10. The highest BCUT2D eigenvalue weighted by Gasteiger charge is 2.07. The zero-order valence-electron chi connectivity index (χ0n) is 9.55. The highest BCUT2D eigenvalue weighted by Crippen LogP contribution is 2.25. The fourth-order valence-corrected chi connectivity index (χ4v) is 1.44. The summed E-state index contributed by atoms with van der Waals surface area (Å²) in [5.74, 6) is 0.433. The first kappa shape index (κ1) is 12.3. The fourth-order valence-electron chi connectivity index (χ4n) is 1.32. The monoisotopic (exact) mass is 263 g/mol. The van der Waals surface area contributed by atoms with Crippen LogP contribution in [0.1, 0.15) is 15.9 Å². The molecule has 0 saturated heterocycles.